The number of nitrogens with one attached hydrogen (secondary N) is 2. The van der Waals surface area contributed by atoms with Crippen LogP contribution in [0, 0.1) is 11.3 Å². The Morgan fingerprint density at radius 2 is 1.75 bits per heavy atom. The third-order valence-electron chi connectivity index (χ3n) is 12.1. The van der Waals surface area contributed by atoms with Gasteiger partial charge < -0.3 is 30.3 Å². The van der Waals surface area contributed by atoms with E-state index in [1.807, 2.05) is 50.8 Å². The van der Waals surface area contributed by atoms with Crippen molar-refractivity contribution in [3.63, 3.8) is 0 Å². The number of aliphatic hydroxyl groups excluding tert-OH is 1. The van der Waals surface area contributed by atoms with E-state index in [9.17, 15) is 19.8 Å². The van der Waals surface area contributed by atoms with Crippen molar-refractivity contribution >= 4 is 23.0 Å². The molecule has 7 rings (SSSR count). The lowest BCUT2D eigenvalue weighted by Gasteiger charge is -2.44. The van der Waals surface area contributed by atoms with Crippen molar-refractivity contribution in [2.24, 2.45) is 11.3 Å². The number of aromatic amines is 1. The number of phenols is 1. The number of likely N-dealkylation sites (tertiary alicyclic amines) is 1. The second kappa shape index (κ2) is 14.4. The Kier molecular flexibility index (Phi) is 10.0. The van der Waals surface area contributed by atoms with Gasteiger partial charge in [0.2, 0.25) is 5.91 Å². The molecule has 0 bridgehead atoms. The highest BCUT2D eigenvalue weighted by Crippen LogP contribution is 2.41. The summed E-state index contributed by atoms with van der Waals surface area (Å²) in [6.45, 7) is 15.6. The van der Waals surface area contributed by atoms with Crippen molar-refractivity contribution in [3.05, 3.63) is 41.6 Å². The number of aromatic nitrogens is 3. The quantitative estimate of drug-likeness (QED) is 0.294. The number of carbonyl (C=O) groups excluding carboxylic acids is 2. The molecule has 3 amide bonds. The maximum atomic E-state index is 13.5. The Hall–Kier alpha value is -3.74. The molecule has 2 aromatic heterocycles. The number of phenolic OH excluding ortho intramolecular Hbond substituents is 1. The van der Waals surface area contributed by atoms with Gasteiger partial charge in [-0.15, -0.1) is 10.2 Å². The fourth-order valence-electron chi connectivity index (χ4n) is 9.15. The number of hydrogen-bond donors (Lipinski definition) is 4. The molecule has 5 heterocycles. The summed E-state index contributed by atoms with van der Waals surface area (Å²) in [5.74, 6) is 0.757. The summed E-state index contributed by atoms with van der Waals surface area (Å²) in [5, 5.41) is 33.7. The van der Waals surface area contributed by atoms with E-state index in [0.717, 1.165) is 43.6 Å². The Balaban J connectivity index is 0.905. The van der Waals surface area contributed by atoms with Gasteiger partial charge >= 0.3 is 6.03 Å². The molecule has 12 heteroatoms. The van der Waals surface area contributed by atoms with Gasteiger partial charge in [-0.1, -0.05) is 32.9 Å². The summed E-state index contributed by atoms with van der Waals surface area (Å²) in [4.78, 5) is 39.2. The molecule has 4 atom stereocenters. The number of aliphatic hydroxyl groups is 1. The first-order valence-corrected chi connectivity index (χ1v) is 19.1. The van der Waals surface area contributed by atoms with Crippen molar-refractivity contribution in [2.75, 3.05) is 45.8 Å². The molecule has 1 aromatic carbocycles. The topological polar surface area (TPSA) is 141 Å². The number of H-pyrrole nitrogens is 1. The normalized spacial score (nSPS) is 27.1. The Bertz CT molecular complexity index is 1720. The fraction of sp³-hybridized carbons (Fsp3) is 0.641. The van der Waals surface area contributed by atoms with E-state index in [2.05, 4.69) is 43.3 Å². The number of fused-ring (bicyclic) bond motifs is 3. The molecule has 0 unspecified atom stereocenters. The van der Waals surface area contributed by atoms with Gasteiger partial charge in [-0.3, -0.25) is 14.6 Å². The Morgan fingerprint density at radius 3 is 2.41 bits per heavy atom. The van der Waals surface area contributed by atoms with E-state index in [0.29, 0.717) is 49.3 Å². The van der Waals surface area contributed by atoms with Crippen LogP contribution in [0.4, 0.5) is 4.79 Å². The number of aromatic hydroxyl groups is 1. The second-order valence-corrected chi connectivity index (χ2v) is 16.6. The van der Waals surface area contributed by atoms with Crippen LogP contribution in [0.3, 0.4) is 0 Å². The van der Waals surface area contributed by atoms with E-state index < -0.39 is 17.6 Å². The molecule has 0 spiro atoms. The molecule has 4 N–H and O–H groups in total. The van der Waals surface area contributed by atoms with Gasteiger partial charge in [0, 0.05) is 87.0 Å². The van der Waals surface area contributed by atoms with Crippen molar-refractivity contribution in [2.45, 2.75) is 103 Å². The summed E-state index contributed by atoms with van der Waals surface area (Å²) >= 11 is 0. The van der Waals surface area contributed by atoms with Crippen LogP contribution in [-0.4, -0.2) is 127 Å². The smallest absolute Gasteiger partial charge is 0.318 e. The minimum absolute atomic E-state index is 0.0376. The van der Waals surface area contributed by atoms with Gasteiger partial charge in [-0.25, -0.2) is 4.79 Å². The lowest BCUT2D eigenvalue weighted by atomic mass is 9.83. The number of nitrogens with zero attached hydrogens (tertiary/aromatic N) is 6. The van der Waals surface area contributed by atoms with E-state index >= 15 is 0 Å². The Morgan fingerprint density at radius 1 is 1.02 bits per heavy atom. The van der Waals surface area contributed by atoms with Gasteiger partial charge in [0.05, 0.1) is 11.8 Å². The largest absolute Gasteiger partial charge is 0.507 e. The zero-order valence-corrected chi connectivity index (χ0v) is 30.9. The fourth-order valence-corrected chi connectivity index (χ4v) is 9.15. The van der Waals surface area contributed by atoms with E-state index in [-0.39, 0.29) is 29.8 Å². The van der Waals surface area contributed by atoms with Crippen molar-refractivity contribution in [1.82, 2.24) is 40.1 Å². The predicted octanol–water partition coefficient (Wildman–Crippen LogP) is 4.53. The highest BCUT2D eigenvalue weighted by molar-refractivity contribution is 5.88. The van der Waals surface area contributed by atoms with Crippen LogP contribution in [0.1, 0.15) is 84.0 Å². The number of hydrogen-bond acceptors (Lipinski definition) is 8. The summed E-state index contributed by atoms with van der Waals surface area (Å²) in [6.07, 6.45) is 5.81. The molecular formula is C39H56N8O4. The molecule has 3 aromatic rings. The number of benzene rings is 1. The molecular weight excluding hydrogens is 644 g/mol. The van der Waals surface area contributed by atoms with Crippen molar-refractivity contribution in [3.8, 4) is 17.0 Å². The zero-order chi connectivity index (χ0) is 36.0. The molecule has 1 saturated carbocycles. The molecule has 1 aliphatic carbocycles. The lowest BCUT2D eigenvalue weighted by Crippen LogP contribution is -2.60. The molecule has 2 saturated heterocycles. The Labute approximate surface area is 301 Å². The summed E-state index contributed by atoms with van der Waals surface area (Å²) in [6, 6.07) is 9.33. The van der Waals surface area contributed by atoms with Gasteiger partial charge in [0.15, 0.2) is 5.65 Å². The minimum atomic E-state index is -0.647. The number of para-hydroxylation sites is 1. The molecule has 51 heavy (non-hydrogen) atoms. The minimum Gasteiger partial charge on any atom is -0.507 e. The number of urea groups is 1. The number of rotatable bonds is 6. The first-order chi connectivity index (χ1) is 24.4. The highest BCUT2D eigenvalue weighted by atomic mass is 16.3. The molecule has 4 aliphatic rings. The number of piperazine rings is 1. The number of carbonyl (C=O) groups is 2. The monoisotopic (exact) mass is 700 g/mol. The SMILES string of the molecule is C[C@@H]1C[C@@H](O)CN1C(=O)[C@@H](NC(=O)N1CCN(C[C@H]2CC[C@H](N3CCc4[nH]c5nnc(-c6ccccc6O)cc5c4[C@H]3C)CC2)CC1)C(C)(C)C. The first-order valence-electron chi connectivity index (χ1n) is 19.1. The van der Waals surface area contributed by atoms with Crippen LogP contribution in [0.5, 0.6) is 5.75 Å². The third kappa shape index (κ3) is 7.32. The van der Waals surface area contributed by atoms with E-state index in [1.54, 1.807) is 11.0 Å². The third-order valence-corrected chi connectivity index (χ3v) is 12.1. The maximum absolute atomic E-state index is 13.5. The molecule has 276 valence electrons. The van der Waals surface area contributed by atoms with E-state index in [1.165, 1.54) is 36.9 Å². The van der Waals surface area contributed by atoms with Crippen LogP contribution in [-0.2, 0) is 11.2 Å². The number of amides is 3. The van der Waals surface area contributed by atoms with Crippen LogP contribution in [0.2, 0.25) is 0 Å². The molecule has 0 radical (unpaired) electrons. The molecule has 12 nitrogen and oxygen atoms in total. The summed E-state index contributed by atoms with van der Waals surface area (Å²) < 4.78 is 0. The van der Waals surface area contributed by atoms with Gasteiger partial charge in [-0.2, -0.15) is 0 Å². The zero-order valence-electron chi connectivity index (χ0n) is 30.9. The molecule has 3 aliphatic heterocycles. The first kappa shape index (κ1) is 35.7. The van der Waals surface area contributed by atoms with Crippen LogP contribution < -0.4 is 5.32 Å². The summed E-state index contributed by atoms with van der Waals surface area (Å²) in [7, 11) is 0. The average Bonchev–Trinajstić information content (AvgIpc) is 3.65. The van der Waals surface area contributed by atoms with E-state index in [4.69, 9.17) is 0 Å². The van der Waals surface area contributed by atoms with Crippen molar-refractivity contribution < 1.29 is 19.8 Å². The maximum Gasteiger partial charge on any atom is 0.318 e. The second-order valence-electron chi connectivity index (χ2n) is 16.6. The summed E-state index contributed by atoms with van der Waals surface area (Å²) in [5.41, 5.74) is 4.31. The van der Waals surface area contributed by atoms with Crippen molar-refractivity contribution in [1.29, 1.82) is 0 Å². The molecule has 3 fully saturated rings. The van der Waals surface area contributed by atoms with Crippen LogP contribution in [0.25, 0.3) is 22.3 Å². The van der Waals surface area contributed by atoms with Crippen LogP contribution >= 0.6 is 0 Å². The van der Waals surface area contributed by atoms with Gasteiger partial charge in [-0.05, 0) is 81.0 Å². The lowest BCUT2D eigenvalue weighted by molar-refractivity contribution is -0.136. The number of β-amino-alcohol motifs (C(OH)–C–C–N with tert-alkyl or cyclic N) is 1. The van der Waals surface area contributed by atoms with Gasteiger partial charge in [0.25, 0.3) is 0 Å². The van der Waals surface area contributed by atoms with Crippen LogP contribution in [0.15, 0.2) is 30.3 Å². The van der Waals surface area contributed by atoms with Gasteiger partial charge in [0.1, 0.15) is 11.8 Å². The standard InChI is InChI=1S/C39H56N8O4/c1-24-20-28(48)23-47(24)37(50)35(39(3,4)5)41-38(51)45-18-16-44(17-19-45)22-26-10-12-27(13-11-26)46-15-14-31-34(25(46)2)30-21-32(42-43-36(30)40-31)29-8-6-7-9-33(29)49/h6-9,21,24-28,35,48-49H,10-20,22-23H2,1-5H3,(H,40,43)(H,41,51)/t24-,25-,26-,27-,28-,35-/m1/s1. The average molecular weight is 701 g/mol. The highest BCUT2D eigenvalue weighted by Gasteiger charge is 2.41. The predicted molar refractivity (Wildman–Crippen MR) is 197 cm³/mol.